The van der Waals surface area contributed by atoms with Crippen LogP contribution >= 0.6 is 11.3 Å². The Morgan fingerprint density at radius 3 is 2.94 bits per heavy atom. The molecular weight excluding hydrogens is 246 g/mol. The number of aromatic nitrogens is 1. The van der Waals surface area contributed by atoms with Crippen molar-refractivity contribution in [3.05, 3.63) is 34.8 Å². The van der Waals surface area contributed by atoms with E-state index in [2.05, 4.69) is 10.3 Å². The van der Waals surface area contributed by atoms with Crippen LogP contribution in [-0.4, -0.2) is 11.1 Å². The second kappa shape index (κ2) is 5.73. The van der Waals surface area contributed by atoms with Crippen molar-refractivity contribution in [2.75, 3.05) is 11.1 Å². The zero-order valence-corrected chi connectivity index (χ0v) is 11.3. The minimum absolute atomic E-state index is 0.112. The van der Waals surface area contributed by atoms with Crippen molar-refractivity contribution in [1.29, 1.82) is 0 Å². The van der Waals surface area contributed by atoms with Gasteiger partial charge in [-0.1, -0.05) is 6.07 Å². The van der Waals surface area contributed by atoms with Gasteiger partial charge < -0.3 is 15.8 Å². The van der Waals surface area contributed by atoms with E-state index < -0.39 is 0 Å². The summed E-state index contributed by atoms with van der Waals surface area (Å²) >= 11 is 1.58. The maximum atomic E-state index is 6.07. The quantitative estimate of drug-likeness (QED) is 0.814. The summed E-state index contributed by atoms with van der Waals surface area (Å²) in [6.07, 6.45) is 0.112. The van der Waals surface area contributed by atoms with E-state index in [1.807, 2.05) is 42.9 Å². The van der Waals surface area contributed by atoms with Gasteiger partial charge in [-0.05, 0) is 26.0 Å². The van der Waals surface area contributed by atoms with Gasteiger partial charge in [0.25, 0.3) is 0 Å². The van der Waals surface area contributed by atoms with Crippen LogP contribution in [-0.2, 0) is 6.54 Å². The maximum Gasteiger partial charge on any atom is 0.144 e. The zero-order valence-electron chi connectivity index (χ0n) is 10.5. The van der Waals surface area contributed by atoms with Gasteiger partial charge in [-0.25, -0.2) is 4.98 Å². The average Bonchev–Trinajstić information content (AvgIpc) is 2.83. The van der Waals surface area contributed by atoms with E-state index in [1.54, 1.807) is 11.3 Å². The topological polar surface area (TPSA) is 60.2 Å². The standard InChI is InChI=1S/C13H17N3OS/c1-9(2)17-12-5-3-4-11(13(12)14)15-6-10-7-18-8-16-10/h3-5,7-9,15H,6,14H2,1-2H3. The fourth-order valence-corrected chi connectivity index (χ4v) is 2.12. The van der Waals surface area contributed by atoms with Crippen molar-refractivity contribution < 1.29 is 4.74 Å². The lowest BCUT2D eigenvalue weighted by Gasteiger charge is -2.15. The smallest absolute Gasteiger partial charge is 0.144 e. The van der Waals surface area contributed by atoms with Crippen LogP contribution in [0, 0.1) is 0 Å². The van der Waals surface area contributed by atoms with Crippen molar-refractivity contribution in [1.82, 2.24) is 4.98 Å². The molecule has 96 valence electrons. The average molecular weight is 263 g/mol. The number of para-hydroxylation sites is 1. The molecule has 2 aromatic rings. The Kier molecular flexibility index (Phi) is 4.04. The number of hydrogen-bond donors (Lipinski definition) is 2. The first-order valence-corrected chi connectivity index (χ1v) is 6.77. The molecule has 0 aliphatic heterocycles. The van der Waals surface area contributed by atoms with Gasteiger partial charge in [0.05, 0.1) is 35.2 Å². The molecule has 0 bridgehead atoms. The van der Waals surface area contributed by atoms with Gasteiger partial charge in [-0.3, -0.25) is 0 Å². The fraction of sp³-hybridized carbons (Fsp3) is 0.308. The van der Waals surface area contributed by atoms with Crippen molar-refractivity contribution in [3.63, 3.8) is 0 Å². The summed E-state index contributed by atoms with van der Waals surface area (Å²) in [7, 11) is 0. The van der Waals surface area contributed by atoms with Crippen LogP contribution in [0.25, 0.3) is 0 Å². The van der Waals surface area contributed by atoms with Gasteiger partial charge >= 0.3 is 0 Å². The summed E-state index contributed by atoms with van der Waals surface area (Å²) in [6.45, 7) is 4.63. The SMILES string of the molecule is CC(C)Oc1cccc(NCc2cscn2)c1N. The summed E-state index contributed by atoms with van der Waals surface area (Å²) in [4.78, 5) is 4.22. The molecule has 18 heavy (non-hydrogen) atoms. The largest absolute Gasteiger partial charge is 0.489 e. The predicted molar refractivity (Wildman–Crippen MR) is 76.1 cm³/mol. The van der Waals surface area contributed by atoms with Gasteiger partial charge in [0.2, 0.25) is 0 Å². The van der Waals surface area contributed by atoms with E-state index in [1.165, 1.54) is 0 Å². The monoisotopic (exact) mass is 263 g/mol. The highest BCUT2D eigenvalue weighted by Gasteiger charge is 2.07. The molecule has 2 rings (SSSR count). The van der Waals surface area contributed by atoms with Crippen molar-refractivity contribution in [2.24, 2.45) is 0 Å². The first-order chi connectivity index (χ1) is 8.66. The molecule has 1 aromatic heterocycles. The first-order valence-electron chi connectivity index (χ1n) is 5.83. The fourth-order valence-electron chi connectivity index (χ4n) is 1.57. The molecule has 0 unspecified atom stereocenters. The Morgan fingerprint density at radius 2 is 2.28 bits per heavy atom. The minimum Gasteiger partial charge on any atom is -0.489 e. The van der Waals surface area contributed by atoms with Crippen LogP contribution in [0.2, 0.25) is 0 Å². The lowest BCUT2D eigenvalue weighted by atomic mass is 10.2. The van der Waals surface area contributed by atoms with E-state index in [-0.39, 0.29) is 6.10 Å². The Balaban J connectivity index is 2.08. The van der Waals surface area contributed by atoms with E-state index in [9.17, 15) is 0 Å². The highest BCUT2D eigenvalue weighted by atomic mass is 32.1. The number of thiazole rings is 1. The summed E-state index contributed by atoms with van der Waals surface area (Å²) in [6, 6.07) is 5.75. The Morgan fingerprint density at radius 1 is 1.44 bits per heavy atom. The number of nitrogens with one attached hydrogen (secondary N) is 1. The molecule has 0 saturated heterocycles. The van der Waals surface area contributed by atoms with E-state index in [0.717, 1.165) is 11.4 Å². The van der Waals surface area contributed by atoms with Crippen LogP contribution in [0.5, 0.6) is 5.75 Å². The number of ether oxygens (including phenoxy) is 1. The molecule has 0 aliphatic carbocycles. The third-order valence-electron chi connectivity index (χ3n) is 2.37. The molecule has 0 atom stereocenters. The molecule has 1 aromatic carbocycles. The molecular formula is C13H17N3OS. The van der Waals surface area contributed by atoms with E-state index in [4.69, 9.17) is 10.5 Å². The second-order valence-corrected chi connectivity index (χ2v) is 4.94. The normalized spacial score (nSPS) is 10.6. The highest BCUT2D eigenvalue weighted by Crippen LogP contribution is 2.30. The summed E-state index contributed by atoms with van der Waals surface area (Å²) in [5, 5.41) is 5.28. The highest BCUT2D eigenvalue weighted by molar-refractivity contribution is 7.07. The number of nitrogen functional groups attached to an aromatic ring is 1. The minimum atomic E-state index is 0.112. The number of benzene rings is 1. The maximum absolute atomic E-state index is 6.07. The molecule has 5 heteroatoms. The van der Waals surface area contributed by atoms with Crippen LogP contribution in [0.15, 0.2) is 29.1 Å². The lowest BCUT2D eigenvalue weighted by Crippen LogP contribution is -2.09. The second-order valence-electron chi connectivity index (χ2n) is 4.22. The summed E-state index contributed by atoms with van der Waals surface area (Å²) in [5.41, 5.74) is 10.4. The number of rotatable bonds is 5. The van der Waals surface area contributed by atoms with Crippen LogP contribution in [0.4, 0.5) is 11.4 Å². The summed E-state index contributed by atoms with van der Waals surface area (Å²) < 4.78 is 5.64. The Labute approximate surface area is 111 Å². The van der Waals surface area contributed by atoms with Crippen LogP contribution in [0.3, 0.4) is 0 Å². The van der Waals surface area contributed by atoms with Crippen molar-refractivity contribution in [3.8, 4) is 5.75 Å². The van der Waals surface area contributed by atoms with Gasteiger partial charge in [0, 0.05) is 5.38 Å². The third-order valence-corrected chi connectivity index (χ3v) is 3.01. The molecule has 1 heterocycles. The molecule has 3 N–H and O–H groups in total. The molecule has 0 radical (unpaired) electrons. The van der Waals surface area contributed by atoms with Gasteiger partial charge in [0.1, 0.15) is 5.75 Å². The van der Waals surface area contributed by atoms with Crippen molar-refractivity contribution >= 4 is 22.7 Å². The number of nitrogens with zero attached hydrogens (tertiary/aromatic N) is 1. The Hall–Kier alpha value is -1.75. The Bertz CT molecular complexity index is 497. The molecule has 0 saturated carbocycles. The zero-order chi connectivity index (χ0) is 13.0. The van der Waals surface area contributed by atoms with Crippen LogP contribution in [0.1, 0.15) is 19.5 Å². The van der Waals surface area contributed by atoms with Gasteiger partial charge in [-0.15, -0.1) is 11.3 Å². The molecule has 0 spiro atoms. The summed E-state index contributed by atoms with van der Waals surface area (Å²) in [5.74, 6) is 0.716. The van der Waals surface area contributed by atoms with E-state index in [0.29, 0.717) is 18.0 Å². The van der Waals surface area contributed by atoms with Gasteiger partial charge in [-0.2, -0.15) is 0 Å². The van der Waals surface area contributed by atoms with Crippen LogP contribution < -0.4 is 15.8 Å². The molecule has 0 fully saturated rings. The lowest BCUT2D eigenvalue weighted by molar-refractivity contribution is 0.244. The molecule has 0 aliphatic rings. The number of nitrogens with two attached hydrogens (primary N) is 1. The number of anilines is 2. The predicted octanol–water partition coefficient (Wildman–Crippen LogP) is 3.12. The first kappa shape index (κ1) is 12.7. The third kappa shape index (κ3) is 3.13. The van der Waals surface area contributed by atoms with Crippen molar-refractivity contribution in [2.45, 2.75) is 26.5 Å². The van der Waals surface area contributed by atoms with Gasteiger partial charge in [0.15, 0.2) is 0 Å². The molecule has 0 amide bonds. The number of hydrogen-bond acceptors (Lipinski definition) is 5. The molecule has 4 nitrogen and oxygen atoms in total. The van der Waals surface area contributed by atoms with E-state index >= 15 is 0 Å².